The van der Waals surface area contributed by atoms with Gasteiger partial charge in [0.05, 0.1) is 26.7 Å². The topological polar surface area (TPSA) is 84.9 Å². The van der Waals surface area contributed by atoms with Crippen molar-refractivity contribution in [3.05, 3.63) is 23.8 Å². The van der Waals surface area contributed by atoms with E-state index in [1.807, 2.05) is 6.92 Å². The van der Waals surface area contributed by atoms with Crippen molar-refractivity contribution >= 4 is 11.9 Å². The lowest BCUT2D eigenvalue weighted by Crippen LogP contribution is -2.34. The van der Waals surface area contributed by atoms with Crippen molar-refractivity contribution in [1.29, 1.82) is 0 Å². The van der Waals surface area contributed by atoms with Crippen molar-refractivity contribution in [3.63, 3.8) is 0 Å². The van der Waals surface area contributed by atoms with E-state index in [0.29, 0.717) is 23.0 Å². The number of hydrogen-bond donors (Lipinski definition) is 2. The zero-order valence-electron chi connectivity index (χ0n) is 15.8. The molecule has 2 N–H and O–H groups in total. The first-order chi connectivity index (χ1) is 12.4. The van der Waals surface area contributed by atoms with Gasteiger partial charge in [0.15, 0.2) is 11.5 Å². The van der Waals surface area contributed by atoms with E-state index in [1.54, 1.807) is 25.3 Å². The van der Waals surface area contributed by atoms with Gasteiger partial charge in [-0.25, -0.2) is 0 Å². The molecule has 1 amide bonds. The molecule has 2 rings (SSSR count). The molecule has 26 heavy (non-hydrogen) atoms. The second-order valence-electron chi connectivity index (χ2n) is 7.06. The van der Waals surface area contributed by atoms with Crippen molar-refractivity contribution in [3.8, 4) is 11.5 Å². The minimum Gasteiger partial charge on any atom is -0.493 e. The van der Waals surface area contributed by atoms with Crippen LogP contribution in [0.3, 0.4) is 0 Å². The van der Waals surface area contributed by atoms with Crippen LogP contribution in [0.1, 0.15) is 57.1 Å². The van der Waals surface area contributed by atoms with Gasteiger partial charge in [0.2, 0.25) is 5.91 Å². The second-order valence-corrected chi connectivity index (χ2v) is 7.06. The van der Waals surface area contributed by atoms with Crippen LogP contribution in [0.5, 0.6) is 11.5 Å². The number of aliphatic carboxylic acids is 1. The molecule has 144 valence electrons. The first kappa shape index (κ1) is 20.1. The van der Waals surface area contributed by atoms with Crippen LogP contribution in [0.15, 0.2) is 18.2 Å². The fourth-order valence-corrected chi connectivity index (χ4v) is 3.66. The molecule has 6 nitrogen and oxygen atoms in total. The minimum absolute atomic E-state index is 0.0991. The summed E-state index contributed by atoms with van der Waals surface area (Å²) in [4.78, 5) is 23.9. The third kappa shape index (κ3) is 5.38. The highest BCUT2D eigenvalue weighted by atomic mass is 16.5. The Hall–Kier alpha value is -2.24. The SMILES string of the molecule is COc1ccc(C(CC(=O)O)NC(=O)C(C)CC2CCCC2)cc1OC. The summed E-state index contributed by atoms with van der Waals surface area (Å²) in [5.41, 5.74) is 0.687. The first-order valence-corrected chi connectivity index (χ1v) is 9.18. The van der Waals surface area contributed by atoms with Gasteiger partial charge in [-0.15, -0.1) is 0 Å². The summed E-state index contributed by atoms with van der Waals surface area (Å²) in [7, 11) is 3.06. The van der Waals surface area contributed by atoms with Gasteiger partial charge in [-0.1, -0.05) is 38.7 Å². The summed E-state index contributed by atoms with van der Waals surface area (Å²) in [6.45, 7) is 1.92. The zero-order valence-corrected chi connectivity index (χ0v) is 15.8. The molecule has 2 unspecified atom stereocenters. The number of carbonyl (C=O) groups excluding carboxylic acids is 1. The maximum absolute atomic E-state index is 12.6. The minimum atomic E-state index is -0.964. The molecular formula is C20H29NO5. The number of carboxylic acids is 1. The molecule has 2 atom stereocenters. The van der Waals surface area contributed by atoms with E-state index < -0.39 is 12.0 Å². The Morgan fingerprint density at radius 2 is 1.85 bits per heavy atom. The number of benzene rings is 1. The molecule has 1 aliphatic rings. The van der Waals surface area contributed by atoms with Gasteiger partial charge in [-0.3, -0.25) is 9.59 Å². The van der Waals surface area contributed by atoms with Crippen LogP contribution in [0.4, 0.5) is 0 Å². The molecular weight excluding hydrogens is 334 g/mol. The number of amides is 1. The maximum atomic E-state index is 12.6. The van der Waals surface area contributed by atoms with E-state index in [4.69, 9.17) is 9.47 Å². The third-order valence-electron chi connectivity index (χ3n) is 5.11. The van der Waals surface area contributed by atoms with E-state index in [9.17, 15) is 14.7 Å². The van der Waals surface area contributed by atoms with Crippen molar-refractivity contribution < 1.29 is 24.2 Å². The molecule has 1 aromatic carbocycles. The average Bonchev–Trinajstić information content (AvgIpc) is 3.13. The van der Waals surface area contributed by atoms with Crippen LogP contribution < -0.4 is 14.8 Å². The quantitative estimate of drug-likeness (QED) is 0.701. The standard InChI is InChI=1S/C20H29NO5/c1-13(10-14-6-4-5-7-14)20(24)21-16(12-19(22)23)15-8-9-17(25-2)18(11-15)26-3/h8-9,11,13-14,16H,4-7,10,12H2,1-3H3,(H,21,24)(H,22,23). The number of methoxy groups -OCH3 is 2. The summed E-state index contributed by atoms with van der Waals surface area (Å²) in [5.74, 6) is 0.482. The molecule has 0 saturated heterocycles. The molecule has 0 bridgehead atoms. The number of carbonyl (C=O) groups is 2. The van der Waals surface area contributed by atoms with Gasteiger partial charge in [-0.05, 0) is 30.0 Å². The molecule has 0 spiro atoms. The smallest absolute Gasteiger partial charge is 0.305 e. The van der Waals surface area contributed by atoms with E-state index >= 15 is 0 Å². The zero-order chi connectivity index (χ0) is 19.1. The molecule has 0 radical (unpaired) electrons. The molecule has 1 aliphatic carbocycles. The highest BCUT2D eigenvalue weighted by Gasteiger charge is 2.25. The number of nitrogens with one attached hydrogen (secondary N) is 1. The van der Waals surface area contributed by atoms with Gasteiger partial charge in [-0.2, -0.15) is 0 Å². The lowest BCUT2D eigenvalue weighted by atomic mass is 9.93. The summed E-state index contributed by atoms with van der Waals surface area (Å²) < 4.78 is 10.5. The van der Waals surface area contributed by atoms with Crippen molar-refractivity contribution in [2.24, 2.45) is 11.8 Å². The molecule has 0 heterocycles. The lowest BCUT2D eigenvalue weighted by molar-refractivity contribution is -0.138. The van der Waals surface area contributed by atoms with Crippen molar-refractivity contribution in [1.82, 2.24) is 5.32 Å². The normalized spacial score (nSPS) is 16.7. The summed E-state index contributed by atoms with van der Waals surface area (Å²) in [5, 5.41) is 12.2. The van der Waals surface area contributed by atoms with Gasteiger partial charge >= 0.3 is 5.97 Å². The Balaban J connectivity index is 2.11. The predicted molar refractivity (Wildman–Crippen MR) is 98.4 cm³/mol. The van der Waals surface area contributed by atoms with E-state index in [2.05, 4.69) is 5.32 Å². The second kappa shape index (κ2) is 9.46. The summed E-state index contributed by atoms with van der Waals surface area (Å²) in [6.07, 6.45) is 5.53. The van der Waals surface area contributed by atoms with E-state index in [0.717, 1.165) is 6.42 Å². The fraction of sp³-hybridized carbons (Fsp3) is 0.600. The van der Waals surface area contributed by atoms with Crippen LogP contribution in [-0.4, -0.2) is 31.2 Å². The Kier molecular flexibility index (Phi) is 7.30. The maximum Gasteiger partial charge on any atom is 0.305 e. The fourth-order valence-electron chi connectivity index (χ4n) is 3.66. The van der Waals surface area contributed by atoms with Gasteiger partial charge in [0.25, 0.3) is 0 Å². The largest absolute Gasteiger partial charge is 0.493 e. The first-order valence-electron chi connectivity index (χ1n) is 9.18. The van der Waals surface area contributed by atoms with Crippen LogP contribution in [0, 0.1) is 11.8 Å². The Labute approximate surface area is 154 Å². The lowest BCUT2D eigenvalue weighted by Gasteiger charge is -2.22. The predicted octanol–water partition coefficient (Wildman–Crippen LogP) is 3.55. The monoisotopic (exact) mass is 363 g/mol. The highest BCUT2D eigenvalue weighted by Crippen LogP contribution is 2.32. The van der Waals surface area contributed by atoms with E-state index in [-0.39, 0.29) is 18.2 Å². The van der Waals surface area contributed by atoms with Gasteiger partial charge < -0.3 is 19.9 Å². The van der Waals surface area contributed by atoms with E-state index in [1.165, 1.54) is 32.8 Å². The molecule has 1 fully saturated rings. The Bertz CT molecular complexity index is 625. The van der Waals surface area contributed by atoms with Crippen LogP contribution in [0.2, 0.25) is 0 Å². The highest BCUT2D eigenvalue weighted by molar-refractivity contribution is 5.79. The molecule has 6 heteroatoms. The van der Waals surface area contributed by atoms with Crippen LogP contribution >= 0.6 is 0 Å². The molecule has 1 saturated carbocycles. The number of carboxylic acid groups (broad SMARTS) is 1. The number of ether oxygens (including phenoxy) is 2. The van der Waals surface area contributed by atoms with Crippen LogP contribution in [-0.2, 0) is 9.59 Å². The number of rotatable bonds is 9. The molecule has 0 aliphatic heterocycles. The third-order valence-corrected chi connectivity index (χ3v) is 5.11. The average molecular weight is 363 g/mol. The molecule has 0 aromatic heterocycles. The van der Waals surface area contributed by atoms with Gasteiger partial charge in [0, 0.05) is 5.92 Å². The molecule has 1 aromatic rings. The van der Waals surface area contributed by atoms with Crippen molar-refractivity contribution in [2.75, 3.05) is 14.2 Å². The Morgan fingerprint density at radius 3 is 2.42 bits per heavy atom. The van der Waals surface area contributed by atoms with Crippen molar-refractivity contribution in [2.45, 2.75) is 51.5 Å². The summed E-state index contributed by atoms with van der Waals surface area (Å²) >= 11 is 0. The Morgan fingerprint density at radius 1 is 1.19 bits per heavy atom. The van der Waals surface area contributed by atoms with Crippen LogP contribution in [0.25, 0.3) is 0 Å². The number of hydrogen-bond acceptors (Lipinski definition) is 4. The van der Waals surface area contributed by atoms with Gasteiger partial charge in [0.1, 0.15) is 0 Å². The summed E-state index contributed by atoms with van der Waals surface area (Å²) in [6, 6.07) is 4.59.